The molecule has 1 N–H and O–H groups in total. The lowest BCUT2D eigenvalue weighted by atomic mass is 10.0. The zero-order valence-electron chi connectivity index (χ0n) is 15.9. The number of hydrogen-bond donors (Lipinski definition) is 1. The number of β-amino-alcohol motifs (C(OH)–C–C–N with tert-alkyl or cyclic N) is 1. The highest BCUT2D eigenvalue weighted by Gasteiger charge is 2.33. The molecular weight excluding hydrogens is 350 g/mol. The molecule has 0 amide bonds. The predicted molar refractivity (Wildman–Crippen MR) is 103 cm³/mol. The zero-order chi connectivity index (χ0) is 18.7. The van der Waals surface area contributed by atoms with Crippen molar-refractivity contribution < 1.29 is 13.5 Å². The minimum atomic E-state index is -3.32. The van der Waals surface area contributed by atoms with Crippen LogP contribution in [-0.2, 0) is 10.2 Å². The fourth-order valence-corrected chi connectivity index (χ4v) is 5.62. The number of nitrogens with zero attached hydrogens (tertiary/aromatic N) is 3. The first-order valence-corrected chi connectivity index (χ1v) is 11.0. The topological polar surface area (TPSA) is 64.1 Å². The van der Waals surface area contributed by atoms with Gasteiger partial charge in [0.05, 0.1) is 6.10 Å². The minimum Gasteiger partial charge on any atom is -0.387 e. The van der Waals surface area contributed by atoms with E-state index >= 15 is 0 Å². The SMILES string of the molecule is Cc1ccc([C@H](O)CN2CCN(S(=O)(=O)N3CCCCC3)CC2)c(C)c1. The van der Waals surface area contributed by atoms with Crippen molar-refractivity contribution in [2.24, 2.45) is 0 Å². The van der Waals surface area contributed by atoms with E-state index in [4.69, 9.17) is 0 Å². The first-order chi connectivity index (χ1) is 12.4. The van der Waals surface area contributed by atoms with Gasteiger partial charge in [-0.05, 0) is 37.8 Å². The summed E-state index contributed by atoms with van der Waals surface area (Å²) in [7, 11) is -3.32. The molecule has 0 spiro atoms. The maximum absolute atomic E-state index is 12.8. The number of piperazine rings is 1. The fourth-order valence-electron chi connectivity index (χ4n) is 3.94. The van der Waals surface area contributed by atoms with Gasteiger partial charge in [0.2, 0.25) is 0 Å². The van der Waals surface area contributed by atoms with E-state index < -0.39 is 16.3 Å². The van der Waals surface area contributed by atoms with Gasteiger partial charge >= 0.3 is 0 Å². The summed E-state index contributed by atoms with van der Waals surface area (Å²) in [4.78, 5) is 2.16. The van der Waals surface area contributed by atoms with Gasteiger partial charge in [0.1, 0.15) is 0 Å². The zero-order valence-corrected chi connectivity index (χ0v) is 16.7. The third-order valence-electron chi connectivity index (χ3n) is 5.51. The number of aryl methyl sites for hydroxylation is 2. The maximum Gasteiger partial charge on any atom is 0.282 e. The monoisotopic (exact) mass is 381 g/mol. The second kappa shape index (κ2) is 8.35. The first-order valence-electron chi connectivity index (χ1n) is 9.61. The molecule has 26 heavy (non-hydrogen) atoms. The molecule has 2 heterocycles. The Morgan fingerprint density at radius 1 is 0.962 bits per heavy atom. The van der Waals surface area contributed by atoms with Gasteiger partial charge in [-0.15, -0.1) is 0 Å². The standard InChI is InChI=1S/C19H31N3O3S/c1-16-6-7-18(17(2)14-16)19(23)15-20-10-12-22(13-11-20)26(24,25)21-8-4-3-5-9-21/h6-7,14,19,23H,3-5,8-13,15H2,1-2H3/t19-/m1/s1. The van der Waals surface area contributed by atoms with Gasteiger partial charge in [-0.25, -0.2) is 0 Å². The molecule has 1 aromatic carbocycles. The lowest BCUT2D eigenvalue weighted by molar-refractivity contribution is 0.0901. The molecule has 6 nitrogen and oxygen atoms in total. The summed E-state index contributed by atoms with van der Waals surface area (Å²) in [6, 6.07) is 6.10. The Morgan fingerprint density at radius 3 is 2.19 bits per heavy atom. The van der Waals surface area contributed by atoms with Crippen molar-refractivity contribution in [1.82, 2.24) is 13.5 Å². The van der Waals surface area contributed by atoms with Crippen LogP contribution in [0.5, 0.6) is 0 Å². The van der Waals surface area contributed by atoms with Gasteiger partial charge in [-0.3, -0.25) is 4.90 Å². The van der Waals surface area contributed by atoms with Crippen molar-refractivity contribution in [3.8, 4) is 0 Å². The van der Waals surface area contributed by atoms with Crippen LogP contribution in [0.1, 0.15) is 42.1 Å². The van der Waals surface area contributed by atoms with E-state index in [2.05, 4.69) is 11.0 Å². The van der Waals surface area contributed by atoms with E-state index in [9.17, 15) is 13.5 Å². The van der Waals surface area contributed by atoms with Gasteiger partial charge in [0.25, 0.3) is 10.2 Å². The molecule has 0 unspecified atom stereocenters. The Morgan fingerprint density at radius 2 is 1.58 bits per heavy atom. The molecule has 0 saturated carbocycles. The van der Waals surface area contributed by atoms with Crippen LogP contribution in [0.3, 0.4) is 0 Å². The molecule has 0 bridgehead atoms. The van der Waals surface area contributed by atoms with Gasteiger partial charge in [-0.1, -0.05) is 30.2 Å². The van der Waals surface area contributed by atoms with Crippen LogP contribution in [-0.4, -0.2) is 72.8 Å². The summed E-state index contributed by atoms with van der Waals surface area (Å²) >= 11 is 0. The number of aliphatic hydroxyl groups is 1. The third kappa shape index (κ3) is 4.46. The molecule has 146 valence electrons. The quantitative estimate of drug-likeness (QED) is 0.843. The van der Waals surface area contributed by atoms with Gasteiger partial charge < -0.3 is 5.11 Å². The second-order valence-electron chi connectivity index (χ2n) is 7.54. The lowest BCUT2D eigenvalue weighted by Gasteiger charge is -2.38. The Labute approximate surface area is 157 Å². The van der Waals surface area contributed by atoms with Gasteiger partial charge in [-0.2, -0.15) is 17.0 Å². The summed E-state index contributed by atoms with van der Waals surface area (Å²) < 4.78 is 28.7. The molecule has 0 aromatic heterocycles. The fraction of sp³-hybridized carbons (Fsp3) is 0.684. The smallest absolute Gasteiger partial charge is 0.282 e. The molecule has 2 aliphatic heterocycles. The van der Waals surface area contributed by atoms with Crippen LogP contribution in [0, 0.1) is 13.8 Å². The predicted octanol–water partition coefficient (Wildman–Crippen LogP) is 1.69. The molecule has 3 rings (SSSR count). The molecular formula is C19H31N3O3S. The average Bonchev–Trinajstić information content (AvgIpc) is 2.63. The molecule has 0 aliphatic carbocycles. The molecule has 1 aromatic rings. The third-order valence-corrected chi connectivity index (χ3v) is 7.55. The molecule has 7 heteroatoms. The Kier molecular flexibility index (Phi) is 6.35. The molecule has 2 fully saturated rings. The van der Waals surface area contributed by atoms with Crippen molar-refractivity contribution in [3.63, 3.8) is 0 Å². The van der Waals surface area contributed by atoms with Crippen LogP contribution in [0.4, 0.5) is 0 Å². The molecule has 1 atom stereocenters. The van der Waals surface area contributed by atoms with E-state index in [1.54, 1.807) is 8.61 Å². The summed E-state index contributed by atoms with van der Waals surface area (Å²) in [6.45, 7) is 8.23. The average molecular weight is 382 g/mol. The van der Waals surface area contributed by atoms with E-state index in [1.165, 1.54) is 5.56 Å². The van der Waals surface area contributed by atoms with Gasteiger partial charge in [0.15, 0.2) is 0 Å². The van der Waals surface area contributed by atoms with Crippen LogP contribution in [0.15, 0.2) is 18.2 Å². The number of benzene rings is 1. The number of aliphatic hydroxyl groups excluding tert-OH is 1. The first kappa shape index (κ1) is 19.8. The molecule has 2 saturated heterocycles. The van der Waals surface area contributed by atoms with Crippen LogP contribution in [0.2, 0.25) is 0 Å². The lowest BCUT2D eigenvalue weighted by Crippen LogP contribution is -2.54. The number of rotatable bonds is 5. The maximum atomic E-state index is 12.8. The summed E-state index contributed by atoms with van der Waals surface area (Å²) in [6.07, 6.45) is 2.50. The van der Waals surface area contributed by atoms with E-state index in [-0.39, 0.29) is 0 Å². The van der Waals surface area contributed by atoms with Gasteiger partial charge in [0, 0.05) is 45.8 Å². The van der Waals surface area contributed by atoms with E-state index in [0.717, 1.165) is 30.4 Å². The minimum absolute atomic E-state index is 0.498. The van der Waals surface area contributed by atoms with Crippen LogP contribution < -0.4 is 0 Å². The molecule has 0 radical (unpaired) electrons. The van der Waals surface area contributed by atoms with Crippen LogP contribution >= 0.6 is 0 Å². The highest BCUT2D eigenvalue weighted by Crippen LogP contribution is 2.22. The second-order valence-corrected chi connectivity index (χ2v) is 9.47. The van der Waals surface area contributed by atoms with Crippen molar-refractivity contribution in [1.29, 1.82) is 0 Å². The Balaban J connectivity index is 1.55. The highest BCUT2D eigenvalue weighted by molar-refractivity contribution is 7.86. The van der Waals surface area contributed by atoms with Crippen molar-refractivity contribution in [2.75, 3.05) is 45.8 Å². The number of piperidine rings is 1. The van der Waals surface area contributed by atoms with Crippen molar-refractivity contribution in [3.05, 3.63) is 34.9 Å². The van der Waals surface area contributed by atoms with E-state index in [1.807, 2.05) is 26.0 Å². The largest absolute Gasteiger partial charge is 0.387 e. The Bertz CT molecular complexity index is 709. The summed E-state index contributed by atoms with van der Waals surface area (Å²) in [5.41, 5.74) is 3.25. The Hall–Kier alpha value is -0.990. The van der Waals surface area contributed by atoms with E-state index in [0.29, 0.717) is 45.8 Å². The molecule has 2 aliphatic rings. The summed E-state index contributed by atoms with van der Waals surface area (Å²) in [5, 5.41) is 10.6. The van der Waals surface area contributed by atoms with Crippen molar-refractivity contribution in [2.45, 2.75) is 39.2 Å². The summed E-state index contributed by atoms with van der Waals surface area (Å²) in [5.74, 6) is 0. The normalized spacial score (nSPS) is 22.4. The number of hydrogen-bond acceptors (Lipinski definition) is 4. The van der Waals surface area contributed by atoms with Crippen molar-refractivity contribution >= 4 is 10.2 Å². The highest BCUT2D eigenvalue weighted by atomic mass is 32.2. The van der Waals surface area contributed by atoms with Crippen LogP contribution in [0.25, 0.3) is 0 Å².